The highest BCUT2D eigenvalue weighted by Crippen LogP contribution is 2.30. The fourth-order valence-electron chi connectivity index (χ4n) is 2.59. The summed E-state index contributed by atoms with van der Waals surface area (Å²) in [6.45, 7) is -2.55. The van der Waals surface area contributed by atoms with E-state index in [4.69, 9.17) is 21.7 Å². The third-order valence-corrected chi connectivity index (χ3v) is 3.97. The van der Waals surface area contributed by atoms with Gasteiger partial charge in [0.15, 0.2) is 16.3 Å². The van der Waals surface area contributed by atoms with Gasteiger partial charge in [0.05, 0.1) is 31.8 Å². The van der Waals surface area contributed by atoms with Crippen molar-refractivity contribution in [2.45, 2.75) is 13.2 Å². The van der Waals surface area contributed by atoms with Crippen LogP contribution in [0.5, 0.6) is 17.2 Å². The number of ether oxygens (including phenoxy) is 3. The molecule has 9 heteroatoms. The highest BCUT2D eigenvalue weighted by atomic mass is 32.1. The minimum atomic E-state index is -2.88. The molecule has 0 bridgehead atoms. The second-order valence-electron chi connectivity index (χ2n) is 5.07. The number of hydrogen-bond donors (Lipinski definition) is 1. The number of aromatic nitrogens is 3. The third kappa shape index (κ3) is 3.41. The van der Waals surface area contributed by atoms with Crippen LogP contribution in [0.25, 0.3) is 11.0 Å². The summed E-state index contributed by atoms with van der Waals surface area (Å²) in [6.07, 6.45) is 1.61. The van der Waals surface area contributed by atoms with E-state index in [9.17, 15) is 8.78 Å². The van der Waals surface area contributed by atoms with E-state index in [0.29, 0.717) is 34.0 Å². The Balaban J connectivity index is 2.03. The summed E-state index contributed by atoms with van der Waals surface area (Å²) in [7, 11) is 3.08. The number of H-pyrrole nitrogens is 1. The van der Waals surface area contributed by atoms with Crippen molar-refractivity contribution >= 4 is 23.3 Å². The smallest absolute Gasteiger partial charge is 0.387 e. The van der Waals surface area contributed by atoms with E-state index in [1.807, 2.05) is 0 Å². The second kappa shape index (κ2) is 7.06. The number of aromatic amines is 1. The Morgan fingerprint density at radius 2 is 2.04 bits per heavy atom. The van der Waals surface area contributed by atoms with Gasteiger partial charge in [-0.1, -0.05) is 0 Å². The SMILES string of the molecule is COc1ccnc(Cn2c(=S)[nH]c3cc(OC(F)F)ccc32)c1OC. The molecule has 0 aliphatic heterocycles. The molecule has 6 nitrogen and oxygen atoms in total. The molecule has 2 aromatic heterocycles. The number of halogens is 2. The van der Waals surface area contributed by atoms with E-state index >= 15 is 0 Å². The first-order chi connectivity index (χ1) is 12.0. The van der Waals surface area contributed by atoms with Crippen molar-refractivity contribution < 1.29 is 23.0 Å². The zero-order chi connectivity index (χ0) is 18.0. The van der Waals surface area contributed by atoms with E-state index in [2.05, 4.69) is 14.7 Å². The molecular formula is C16H15F2N3O3S. The molecular weight excluding hydrogens is 352 g/mol. The standard InChI is InChI=1S/C16H15F2N3O3S/c1-22-13-5-6-19-11(14(13)23-2)8-21-12-4-3-9(24-15(17)18)7-10(12)20-16(21)25/h3-7,15H,8H2,1-2H3,(H,20,25). The molecule has 0 fully saturated rings. The van der Waals surface area contributed by atoms with Crippen molar-refractivity contribution in [3.05, 3.63) is 40.9 Å². The molecule has 132 valence electrons. The molecule has 0 saturated heterocycles. The van der Waals surface area contributed by atoms with Crippen molar-refractivity contribution in [3.8, 4) is 17.2 Å². The van der Waals surface area contributed by atoms with Crippen molar-refractivity contribution in [2.24, 2.45) is 0 Å². The molecule has 0 unspecified atom stereocenters. The van der Waals surface area contributed by atoms with Crippen LogP contribution in [0.3, 0.4) is 0 Å². The minimum absolute atomic E-state index is 0.0583. The first kappa shape index (κ1) is 17.2. The average molecular weight is 367 g/mol. The fourth-order valence-corrected chi connectivity index (χ4v) is 2.86. The number of methoxy groups -OCH3 is 2. The van der Waals surface area contributed by atoms with Crippen LogP contribution in [0.1, 0.15) is 5.69 Å². The Kier molecular flexibility index (Phi) is 4.84. The predicted octanol–water partition coefficient (Wildman–Crippen LogP) is 3.76. The van der Waals surface area contributed by atoms with E-state index in [1.165, 1.54) is 19.2 Å². The van der Waals surface area contributed by atoms with Crippen molar-refractivity contribution in [1.82, 2.24) is 14.5 Å². The summed E-state index contributed by atoms with van der Waals surface area (Å²) in [5, 5.41) is 0. The van der Waals surface area contributed by atoms with Gasteiger partial charge in [0.2, 0.25) is 0 Å². The lowest BCUT2D eigenvalue weighted by atomic mass is 10.2. The van der Waals surface area contributed by atoms with Gasteiger partial charge in [-0.05, 0) is 24.4 Å². The number of rotatable bonds is 6. The first-order valence-electron chi connectivity index (χ1n) is 7.26. The number of pyridine rings is 1. The highest BCUT2D eigenvalue weighted by molar-refractivity contribution is 7.71. The molecule has 1 N–H and O–H groups in total. The van der Waals surface area contributed by atoms with Gasteiger partial charge in [-0.15, -0.1) is 0 Å². The quantitative estimate of drug-likeness (QED) is 0.672. The fraction of sp³-hybridized carbons (Fsp3) is 0.250. The molecule has 0 atom stereocenters. The lowest BCUT2D eigenvalue weighted by Gasteiger charge is -2.12. The van der Waals surface area contributed by atoms with Crippen molar-refractivity contribution in [2.75, 3.05) is 14.2 Å². The summed E-state index contributed by atoms with van der Waals surface area (Å²) >= 11 is 5.34. The number of nitrogens with one attached hydrogen (secondary N) is 1. The Labute approximate surface area is 147 Å². The first-order valence-corrected chi connectivity index (χ1v) is 7.67. The van der Waals surface area contributed by atoms with Gasteiger partial charge >= 0.3 is 6.61 Å². The zero-order valence-electron chi connectivity index (χ0n) is 13.5. The van der Waals surface area contributed by atoms with Crippen LogP contribution >= 0.6 is 12.2 Å². The van der Waals surface area contributed by atoms with Gasteiger partial charge in [-0.25, -0.2) is 0 Å². The summed E-state index contributed by atoms with van der Waals surface area (Å²) in [5.74, 6) is 1.13. The lowest BCUT2D eigenvalue weighted by molar-refractivity contribution is -0.0497. The largest absolute Gasteiger partial charge is 0.493 e. The lowest BCUT2D eigenvalue weighted by Crippen LogP contribution is -2.05. The van der Waals surface area contributed by atoms with E-state index in [-0.39, 0.29) is 5.75 Å². The van der Waals surface area contributed by atoms with Gasteiger partial charge in [-0.3, -0.25) is 4.98 Å². The number of nitrogens with zero attached hydrogens (tertiary/aromatic N) is 2. The molecule has 0 spiro atoms. The Bertz CT molecular complexity index is 955. The van der Waals surface area contributed by atoms with Crippen molar-refractivity contribution in [1.29, 1.82) is 0 Å². The van der Waals surface area contributed by atoms with Gasteiger partial charge in [0.25, 0.3) is 0 Å². The number of benzene rings is 1. The number of hydrogen-bond acceptors (Lipinski definition) is 5. The van der Waals surface area contributed by atoms with Crippen LogP contribution in [0.15, 0.2) is 30.5 Å². The predicted molar refractivity (Wildman–Crippen MR) is 90.2 cm³/mol. The highest BCUT2D eigenvalue weighted by Gasteiger charge is 2.14. The normalized spacial score (nSPS) is 11.1. The van der Waals surface area contributed by atoms with Crippen LogP contribution in [-0.4, -0.2) is 35.4 Å². The minimum Gasteiger partial charge on any atom is -0.493 e. The van der Waals surface area contributed by atoms with E-state index in [1.54, 1.807) is 30.0 Å². The van der Waals surface area contributed by atoms with Gasteiger partial charge in [0, 0.05) is 18.3 Å². The summed E-state index contributed by atoms with van der Waals surface area (Å²) in [4.78, 5) is 7.31. The molecule has 0 aliphatic carbocycles. The molecule has 1 aromatic carbocycles. The summed E-state index contributed by atoms with van der Waals surface area (Å²) < 4.78 is 42.0. The topological polar surface area (TPSA) is 61.3 Å². The maximum absolute atomic E-state index is 12.4. The molecule has 3 rings (SSSR count). The molecule has 3 aromatic rings. The van der Waals surface area contributed by atoms with Crippen molar-refractivity contribution in [3.63, 3.8) is 0 Å². The van der Waals surface area contributed by atoms with Crippen LogP contribution in [0, 0.1) is 4.77 Å². The molecule has 2 heterocycles. The molecule has 0 radical (unpaired) electrons. The zero-order valence-corrected chi connectivity index (χ0v) is 14.3. The van der Waals surface area contributed by atoms with Crippen LogP contribution in [0.4, 0.5) is 8.78 Å². The van der Waals surface area contributed by atoms with Gasteiger partial charge in [0.1, 0.15) is 11.4 Å². The second-order valence-corrected chi connectivity index (χ2v) is 5.45. The summed E-state index contributed by atoms with van der Waals surface area (Å²) in [6, 6.07) is 6.30. The van der Waals surface area contributed by atoms with E-state index in [0.717, 1.165) is 5.52 Å². The average Bonchev–Trinajstić information content (AvgIpc) is 2.89. The maximum atomic E-state index is 12.4. The number of fused-ring (bicyclic) bond motifs is 1. The number of imidazole rings is 1. The van der Waals surface area contributed by atoms with Crippen LogP contribution in [0.2, 0.25) is 0 Å². The molecule has 0 amide bonds. The van der Waals surface area contributed by atoms with Crippen LogP contribution < -0.4 is 14.2 Å². The van der Waals surface area contributed by atoms with Gasteiger partial charge in [-0.2, -0.15) is 8.78 Å². The molecule has 0 aliphatic rings. The summed E-state index contributed by atoms with van der Waals surface area (Å²) in [5.41, 5.74) is 1.95. The molecule has 0 saturated carbocycles. The monoisotopic (exact) mass is 367 g/mol. The Hall–Kier alpha value is -2.68. The Morgan fingerprint density at radius 1 is 1.24 bits per heavy atom. The van der Waals surface area contributed by atoms with Gasteiger partial charge < -0.3 is 23.8 Å². The number of alkyl halides is 2. The third-order valence-electron chi connectivity index (χ3n) is 3.64. The van der Waals surface area contributed by atoms with E-state index < -0.39 is 6.61 Å². The van der Waals surface area contributed by atoms with Crippen LogP contribution in [-0.2, 0) is 6.54 Å². The maximum Gasteiger partial charge on any atom is 0.387 e. The Morgan fingerprint density at radius 3 is 2.72 bits per heavy atom. The molecule has 25 heavy (non-hydrogen) atoms.